The van der Waals surface area contributed by atoms with Gasteiger partial charge in [-0.2, -0.15) is 91.8 Å². The summed E-state index contributed by atoms with van der Waals surface area (Å²) in [7, 11) is -5.01. The molecule has 0 amide bonds. The third-order valence-corrected chi connectivity index (χ3v) is 5.37. The third-order valence-electron chi connectivity index (χ3n) is 4.50. The predicted molar refractivity (Wildman–Crippen MR) is 86.8 cm³/mol. The van der Waals surface area contributed by atoms with E-state index in [9.17, 15) is 91.8 Å². The molecular formula is C16H5F19O4S. The van der Waals surface area contributed by atoms with Crippen LogP contribution in [0.1, 0.15) is 0 Å². The van der Waals surface area contributed by atoms with E-state index in [0.29, 0.717) is 0 Å². The minimum Gasteiger partial charge on any atom is -0.430 e. The van der Waals surface area contributed by atoms with Gasteiger partial charge in [0.15, 0.2) is 0 Å². The molecule has 4 nitrogen and oxygen atoms in total. The lowest BCUT2D eigenvalue weighted by Gasteiger charge is -2.42. The zero-order valence-corrected chi connectivity index (χ0v) is 18.4. The van der Waals surface area contributed by atoms with Crippen molar-refractivity contribution in [1.29, 1.82) is 0 Å². The van der Waals surface area contributed by atoms with E-state index in [0.717, 1.165) is 0 Å². The van der Waals surface area contributed by atoms with Crippen LogP contribution in [-0.2, 0) is 10.1 Å². The highest BCUT2D eigenvalue weighted by Gasteiger charge is 2.95. The normalized spacial score (nSPS) is 16.1. The molecule has 0 atom stereocenters. The Kier molecular flexibility index (Phi) is 8.59. The Morgan fingerprint density at radius 1 is 0.575 bits per heavy atom. The first-order valence-corrected chi connectivity index (χ1v) is 10.2. The Morgan fingerprint density at radius 3 is 1.23 bits per heavy atom. The summed E-state index contributed by atoms with van der Waals surface area (Å²) >= 11 is 0. The third kappa shape index (κ3) is 5.11. The van der Waals surface area contributed by atoms with Gasteiger partial charge in [-0.05, 0) is 24.3 Å². The Balaban J connectivity index is 3.63. The van der Waals surface area contributed by atoms with Crippen LogP contribution in [0.3, 0.4) is 0 Å². The Morgan fingerprint density at radius 2 is 0.900 bits per heavy atom. The van der Waals surface area contributed by atoms with Crippen molar-refractivity contribution in [2.24, 2.45) is 0 Å². The smallest absolute Gasteiger partial charge is 0.430 e. The largest absolute Gasteiger partial charge is 0.460 e. The summed E-state index contributed by atoms with van der Waals surface area (Å²) in [4.78, 5) is -1.07. The van der Waals surface area contributed by atoms with Gasteiger partial charge in [0.05, 0.1) is 4.90 Å². The summed E-state index contributed by atoms with van der Waals surface area (Å²) in [6, 6.07) is -3.10. The van der Waals surface area contributed by atoms with E-state index in [-0.39, 0.29) is 24.3 Å². The van der Waals surface area contributed by atoms with E-state index in [1.54, 1.807) is 0 Å². The Hall–Kier alpha value is -2.66. The molecule has 0 saturated carbocycles. The zero-order chi connectivity index (χ0) is 32.3. The van der Waals surface area contributed by atoms with E-state index in [1.807, 2.05) is 0 Å². The summed E-state index contributed by atoms with van der Waals surface area (Å²) in [5, 5.41) is 0. The number of allylic oxidation sites excluding steroid dienone is 1. The van der Waals surface area contributed by atoms with Crippen molar-refractivity contribution in [2.75, 3.05) is 0 Å². The average Bonchev–Trinajstić information content (AvgIpc) is 2.76. The summed E-state index contributed by atoms with van der Waals surface area (Å²) in [5.41, 5.74) is 0. The summed E-state index contributed by atoms with van der Waals surface area (Å²) in [5.74, 6) is -66.4. The van der Waals surface area contributed by atoms with Gasteiger partial charge in [-0.3, -0.25) is 4.55 Å². The fraction of sp³-hybridized carbons (Fsp3) is 0.500. The molecule has 40 heavy (non-hydrogen) atoms. The molecule has 232 valence electrons. The topological polar surface area (TPSA) is 63.6 Å². The first kappa shape index (κ1) is 35.4. The molecule has 0 aliphatic rings. The molecule has 1 rings (SSSR count). The van der Waals surface area contributed by atoms with Gasteiger partial charge in [-0.15, -0.1) is 0 Å². The number of halogens is 19. The van der Waals surface area contributed by atoms with Crippen molar-refractivity contribution in [1.82, 2.24) is 0 Å². The van der Waals surface area contributed by atoms with Gasteiger partial charge in [0.25, 0.3) is 10.1 Å². The molecule has 0 aliphatic heterocycles. The van der Waals surface area contributed by atoms with Crippen molar-refractivity contribution in [3.05, 3.63) is 36.1 Å². The van der Waals surface area contributed by atoms with E-state index >= 15 is 0 Å². The summed E-state index contributed by atoms with van der Waals surface area (Å²) < 4.78 is 285. The van der Waals surface area contributed by atoms with Crippen molar-refractivity contribution >= 4 is 10.1 Å². The van der Waals surface area contributed by atoms with Gasteiger partial charge in [-0.25, -0.2) is 0 Å². The molecule has 0 spiro atoms. The fourth-order valence-corrected chi connectivity index (χ4v) is 2.73. The summed E-state index contributed by atoms with van der Waals surface area (Å²) in [6.07, 6.45) is -7.95. The lowest BCUT2D eigenvalue weighted by molar-refractivity contribution is -0.460. The van der Waals surface area contributed by atoms with E-state index < -0.39 is 80.2 Å². The summed E-state index contributed by atoms with van der Waals surface area (Å²) in [6.45, 7) is 0. The Bertz CT molecular complexity index is 1230. The number of rotatable bonds is 10. The number of hydrogen-bond acceptors (Lipinski definition) is 3. The van der Waals surface area contributed by atoms with Crippen LogP contribution in [0.25, 0.3) is 0 Å². The van der Waals surface area contributed by atoms with Crippen molar-refractivity contribution < 1.29 is 101 Å². The SMILES string of the molecule is O=S(=O)(O)c1ccc(OC(F)=C(F)C(F)(F)C(F)(F)C(F)(F)C(F)(F)C(F)(F)C(F)(F)C(F)(F)C(F)(F)F)cc1. The van der Waals surface area contributed by atoms with Crippen LogP contribution in [-0.4, -0.2) is 60.6 Å². The van der Waals surface area contributed by atoms with Gasteiger partial charge >= 0.3 is 53.6 Å². The van der Waals surface area contributed by atoms with Crippen LogP contribution in [0, 0.1) is 0 Å². The number of hydrogen-bond donors (Lipinski definition) is 1. The molecule has 1 aromatic carbocycles. The molecule has 0 saturated heterocycles. The maximum atomic E-state index is 13.7. The fourth-order valence-electron chi connectivity index (χ4n) is 2.25. The monoisotopic (exact) mass is 654 g/mol. The number of ether oxygens (including phenoxy) is 1. The molecule has 0 fully saturated rings. The van der Waals surface area contributed by atoms with Crippen LogP contribution in [0.15, 0.2) is 41.0 Å². The highest BCUT2D eigenvalue weighted by molar-refractivity contribution is 7.85. The minimum atomic E-state index is -8.99. The maximum Gasteiger partial charge on any atom is 0.460 e. The lowest BCUT2D eigenvalue weighted by Crippen LogP contribution is -2.74. The lowest BCUT2D eigenvalue weighted by atomic mass is 9.88. The van der Waals surface area contributed by atoms with Crippen molar-refractivity contribution in [2.45, 2.75) is 52.5 Å². The van der Waals surface area contributed by atoms with E-state index in [2.05, 4.69) is 4.74 Å². The van der Waals surface area contributed by atoms with Crippen LogP contribution >= 0.6 is 0 Å². The molecule has 0 unspecified atom stereocenters. The van der Waals surface area contributed by atoms with Gasteiger partial charge in [-0.1, -0.05) is 0 Å². The van der Waals surface area contributed by atoms with Crippen molar-refractivity contribution in [3.63, 3.8) is 0 Å². The molecule has 0 aliphatic carbocycles. The quantitative estimate of drug-likeness (QED) is 0.162. The van der Waals surface area contributed by atoms with Gasteiger partial charge in [0.1, 0.15) is 5.75 Å². The second-order valence-corrected chi connectivity index (χ2v) is 8.58. The van der Waals surface area contributed by atoms with Gasteiger partial charge < -0.3 is 4.74 Å². The molecule has 1 N–H and O–H groups in total. The molecule has 0 aromatic heterocycles. The van der Waals surface area contributed by atoms with Crippen LogP contribution in [0.2, 0.25) is 0 Å². The standard InChI is InChI=1S/C16H5F19O4S/c17-7(8(18)39-5-1-3-6(4-2-5)40(36,37)38)9(19,20)10(21,22)11(23,24)12(25,26)13(27,28)14(29,30)15(31,32)16(33,34)35/h1-4H,(H,36,37,38). The molecule has 24 heteroatoms. The van der Waals surface area contributed by atoms with Crippen LogP contribution in [0.4, 0.5) is 83.4 Å². The van der Waals surface area contributed by atoms with E-state index in [4.69, 9.17) is 4.55 Å². The highest BCUT2D eigenvalue weighted by Crippen LogP contribution is 2.64. The molecule has 0 heterocycles. The molecule has 0 radical (unpaired) electrons. The van der Waals surface area contributed by atoms with Gasteiger partial charge in [0, 0.05) is 0 Å². The van der Waals surface area contributed by atoms with Crippen LogP contribution in [0.5, 0.6) is 5.75 Å². The first-order valence-electron chi connectivity index (χ1n) is 8.79. The number of alkyl halides is 17. The molecule has 1 aromatic rings. The van der Waals surface area contributed by atoms with Crippen molar-refractivity contribution in [3.8, 4) is 5.75 Å². The molecule has 0 bridgehead atoms. The highest BCUT2D eigenvalue weighted by atomic mass is 32.2. The molecular weight excluding hydrogens is 649 g/mol. The minimum absolute atomic E-state index is 0.123. The van der Waals surface area contributed by atoms with Crippen LogP contribution < -0.4 is 4.74 Å². The second-order valence-electron chi connectivity index (χ2n) is 7.15. The average molecular weight is 654 g/mol. The predicted octanol–water partition coefficient (Wildman–Crippen LogP) is 7.43. The van der Waals surface area contributed by atoms with Gasteiger partial charge in [0.2, 0.25) is 5.83 Å². The first-order chi connectivity index (χ1) is 17.3. The number of benzene rings is 1. The Labute approximate surface area is 206 Å². The zero-order valence-electron chi connectivity index (χ0n) is 17.6. The second kappa shape index (κ2) is 9.72. The maximum absolute atomic E-state index is 13.7. The van der Waals surface area contributed by atoms with E-state index in [1.165, 1.54) is 0 Å².